The molecule has 3 N–H and O–H groups in total. The fraction of sp³-hybridized carbons (Fsp3) is 0.471. The molecule has 0 unspecified atom stereocenters. The van der Waals surface area contributed by atoms with E-state index in [0.717, 1.165) is 30.2 Å². The second kappa shape index (κ2) is 8.03. The van der Waals surface area contributed by atoms with Crippen LogP contribution in [-0.4, -0.2) is 46.4 Å². The van der Waals surface area contributed by atoms with Crippen LogP contribution in [0.5, 0.6) is 0 Å². The molecule has 7 heteroatoms. The Morgan fingerprint density at radius 2 is 2.21 bits per heavy atom. The highest BCUT2D eigenvalue weighted by Crippen LogP contribution is 2.26. The zero-order chi connectivity index (χ0) is 16.8. The van der Waals surface area contributed by atoms with E-state index in [-0.39, 0.29) is 6.61 Å². The van der Waals surface area contributed by atoms with E-state index >= 15 is 0 Å². The number of pyridine rings is 1. The van der Waals surface area contributed by atoms with Crippen LogP contribution in [0.3, 0.4) is 0 Å². The highest BCUT2D eigenvalue weighted by Gasteiger charge is 2.20. The summed E-state index contributed by atoms with van der Waals surface area (Å²) in [4.78, 5) is 13.4. The number of hydrogen-bond acceptors (Lipinski definition) is 7. The van der Waals surface area contributed by atoms with Gasteiger partial charge in [0.2, 0.25) is 5.95 Å². The summed E-state index contributed by atoms with van der Waals surface area (Å²) >= 11 is 0. The molecule has 0 radical (unpaired) electrons. The fourth-order valence-corrected chi connectivity index (χ4v) is 2.66. The van der Waals surface area contributed by atoms with Crippen molar-refractivity contribution in [2.45, 2.75) is 25.8 Å². The molecular formula is C17H23N5O2. The molecule has 2 aromatic rings. The van der Waals surface area contributed by atoms with E-state index in [1.807, 2.05) is 31.3 Å². The number of hydrogen-bond donors (Lipinski definition) is 3. The van der Waals surface area contributed by atoms with E-state index in [0.29, 0.717) is 31.6 Å². The SMILES string of the molecule is Cc1ccnc(CNc2cc([C@H]3CCOC3)nc(NCCO)n2)c1. The number of aryl methyl sites for hydroxylation is 1. The maximum Gasteiger partial charge on any atom is 0.224 e. The van der Waals surface area contributed by atoms with E-state index in [4.69, 9.17) is 9.84 Å². The molecule has 3 heterocycles. The molecule has 0 bridgehead atoms. The van der Waals surface area contributed by atoms with Crippen LogP contribution in [0.1, 0.15) is 29.3 Å². The van der Waals surface area contributed by atoms with Gasteiger partial charge in [-0.15, -0.1) is 0 Å². The van der Waals surface area contributed by atoms with E-state index in [2.05, 4.69) is 25.6 Å². The first kappa shape index (κ1) is 16.6. The normalized spacial score (nSPS) is 17.0. The van der Waals surface area contributed by atoms with Gasteiger partial charge in [-0.3, -0.25) is 4.98 Å². The molecule has 128 valence electrons. The van der Waals surface area contributed by atoms with Crippen LogP contribution in [0, 0.1) is 6.92 Å². The van der Waals surface area contributed by atoms with Crippen molar-refractivity contribution < 1.29 is 9.84 Å². The number of aliphatic hydroxyl groups excluding tert-OH is 1. The van der Waals surface area contributed by atoms with Crippen molar-refractivity contribution in [2.75, 3.05) is 37.0 Å². The van der Waals surface area contributed by atoms with E-state index < -0.39 is 0 Å². The summed E-state index contributed by atoms with van der Waals surface area (Å²) in [6, 6.07) is 5.99. The average Bonchev–Trinajstić information content (AvgIpc) is 3.13. The third-order valence-corrected chi connectivity index (χ3v) is 3.91. The molecule has 1 aliphatic rings. The van der Waals surface area contributed by atoms with Crippen LogP contribution >= 0.6 is 0 Å². The third kappa shape index (κ3) is 4.39. The maximum absolute atomic E-state index is 8.99. The fourth-order valence-electron chi connectivity index (χ4n) is 2.66. The molecule has 7 nitrogen and oxygen atoms in total. The molecule has 1 saturated heterocycles. The van der Waals surface area contributed by atoms with Crippen LogP contribution in [0.15, 0.2) is 24.4 Å². The Bertz CT molecular complexity index is 674. The second-order valence-electron chi connectivity index (χ2n) is 5.89. The minimum Gasteiger partial charge on any atom is -0.395 e. The van der Waals surface area contributed by atoms with Gasteiger partial charge in [0, 0.05) is 31.3 Å². The summed E-state index contributed by atoms with van der Waals surface area (Å²) in [6.07, 6.45) is 2.77. The lowest BCUT2D eigenvalue weighted by molar-refractivity contribution is 0.193. The van der Waals surface area contributed by atoms with Crippen molar-refractivity contribution in [3.05, 3.63) is 41.3 Å². The Hall–Kier alpha value is -2.25. The monoisotopic (exact) mass is 329 g/mol. The Morgan fingerprint density at radius 3 is 2.96 bits per heavy atom. The molecule has 2 aromatic heterocycles. The van der Waals surface area contributed by atoms with Crippen molar-refractivity contribution in [2.24, 2.45) is 0 Å². The molecular weight excluding hydrogens is 306 g/mol. The number of aliphatic hydroxyl groups is 1. The topological polar surface area (TPSA) is 92.2 Å². The van der Waals surface area contributed by atoms with Crippen molar-refractivity contribution in [1.82, 2.24) is 15.0 Å². The first-order valence-corrected chi connectivity index (χ1v) is 8.21. The summed E-state index contributed by atoms with van der Waals surface area (Å²) in [7, 11) is 0. The highest BCUT2D eigenvalue weighted by molar-refractivity contribution is 5.43. The second-order valence-corrected chi connectivity index (χ2v) is 5.89. The van der Waals surface area contributed by atoms with Gasteiger partial charge in [0.25, 0.3) is 0 Å². The smallest absolute Gasteiger partial charge is 0.224 e. The van der Waals surface area contributed by atoms with Crippen LogP contribution in [-0.2, 0) is 11.3 Å². The lowest BCUT2D eigenvalue weighted by atomic mass is 10.0. The first-order chi connectivity index (χ1) is 11.7. The molecule has 1 atom stereocenters. The molecule has 24 heavy (non-hydrogen) atoms. The Morgan fingerprint density at radius 1 is 1.29 bits per heavy atom. The number of ether oxygens (including phenoxy) is 1. The standard InChI is InChI=1S/C17H23N5O2/c1-12-2-4-18-14(8-12)10-20-16-9-15(13-3-7-24-11-13)21-17(22-16)19-5-6-23/h2,4,8-9,13,23H,3,5-7,10-11H2,1H3,(H2,19,20,21,22)/t13-/m0/s1. The van der Waals surface area contributed by atoms with Crippen molar-refractivity contribution in [3.8, 4) is 0 Å². The molecule has 0 saturated carbocycles. The molecule has 0 spiro atoms. The van der Waals surface area contributed by atoms with Crippen molar-refractivity contribution in [1.29, 1.82) is 0 Å². The third-order valence-electron chi connectivity index (χ3n) is 3.91. The first-order valence-electron chi connectivity index (χ1n) is 8.21. The molecule has 0 aliphatic carbocycles. The Balaban J connectivity index is 1.75. The largest absolute Gasteiger partial charge is 0.395 e. The lowest BCUT2D eigenvalue weighted by Gasteiger charge is -2.13. The van der Waals surface area contributed by atoms with Crippen LogP contribution in [0.2, 0.25) is 0 Å². The predicted molar refractivity (Wildman–Crippen MR) is 92.1 cm³/mol. The maximum atomic E-state index is 8.99. The van der Waals surface area contributed by atoms with E-state index in [1.54, 1.807) is 0 Å². The summed E-state index contributed by atoms with van der Waals surface area (Å²) in [5, 5.41) is 15.3. The minimum atomic E-state index is 0.0378. The Kier molecular flexibility index (Phi) is 5.55. The van der Waals surface area contributed by atoms with Crippen LogP contribution in [0.4, 0.5) is 11.8 Å². The number of nitrogens with zero attached hydrogens (tertiary/aromatic N) is 3. The van der Waals surface area contributed by atoms with Gasteiger partial charge in [-0.05, 0) is 31.0 Å². The lowest BCUT2D eigenvalue weighted by Crippen LogP contribution is -2.13. The summed E-state index contributed by atoms with van der Waals surface area (Å²) < 4.78 is 5.46. The molecule has 0 amide bonds. The molecule has 0 aromatic carbocycles. The van der Waals surface area contributed by atoms with Gasteiger partial charge >= 0.3 is 0 Å². The van der Waals surface area contributed by atoms with Gasteiger partial charge in [0.15, 0.2) is 0 Å². The zero-order valence-electron chi connectivity index (χ0n) is 13.8. The summed E-state index contributed by atoms with van der Waals surface area (Å²) in [5.41, 5.74) is 3.10. The summed E-state index contributed by atoms with van der Waals surface area (Å²) in [5.74, 6) is 1.56. The number of nitrogens with one attached hydrogen (secondary N) is 2. The van der Waals surface area contributed by atoms with E-state index in [9.17, 15) is 0 Å². The number of anilines is 2. The van der Waals surface area contributed by atoms with Gasteiger partial charge in [-0.25, -0.2) is 4.98 Å². The van der Waals surface area contributed by atoms with Crippen LogP contribution < -0.4 is 10.6 Å². The van der Waals surface area contributed by atoms with Gasteiger partial charge in [-0.1, -0.05) is 0 Å². The predicted octanol–water partition coefficient (Wildman–Crippen LogP) is 1.70. The molecule has 1 aliphatic heterocycles. The number of aromatic nitrogens is 3. The average molecular weight is 329 g/mol. The zero-order valence-corrected chi connectivity index (χ0v) is 13.8. The Labute approximate surface area is 141 Å². The summed E-state index contributed by atoms with van der Waals surface area (Å²) in [6.45, 7) is 4.56. The molecule has 1 fully saturated rings. The number of rotatable bonds is 7. The van der Waals surface area contributed by atoms with Crippen molar-refractivity contribution in [3.63, 3.8) is 0 Å². The highest BCUT2D eigenvalue weighted by atomic mass is 16.5. The van der Waals surface area contributed by atoms with Gasteiger partial charge in [0.05, 0.1) is 31.1 Å². The quantitative estimate of drug-likeness (QED) is 0.712. The van der Waals surface area contributed by atoms with Crippen LogP contribution in [0.25, 0.3) is 0 Å². The van der Waals surface area contributed by atoms with E-state index in [1.165, 1.54) is 5.56 Å². The van der Waals surface area contributed by atoms with Crippen molar-refractivity contribution >= 4 is 11.8 Å². The molecule has 3 rings (SSSR count). The van der Waals surface area contributed by atoms with Gasteiger partial charge in [0.1, 0.15) is 5.82 Å². The van der Waals surface area contributed by atoms with Gasteiger partial charge in [-0.2, -0.15) is 4.98 Å². The van der Waals surface area contributed by atoms with Gasteiger partial charge < -0.3 is 20.5 Å². The minimum absolute atomic E-state index is 0.0378.